The number of esters is 1. The van der Waals surface area contributed by atoms with Crippen molar-refractivity contribution in [3.05, 3.63) is 35.4 Å². The van der Waals surface area contributed by atoms with Gasteiger partial charge in [-0.05, 0) is 44.5 Å². The summed E-state index contributed by atoms with van der Waals surface area (Å²) in [5.41, 5.74) is -0.226. The molecule has 2 amide bonds. The monoisotopic (exact) mass is 416 g/mol. The first-order valence-electron chi connectivity index (χ1n) is 9.90. The highest BCUT2D eigenvalue weighted by Gasteiger charge is 2.48. The quantitative estimate of drug-likeness (QED) is 0.544. The van der Waals surface area contributed by atoms with Gasteiger partial charge in [-0.15, -0.1) is 0 Å². The first-order chi connectivity index (χ1) is 14.0. The number of methoxy groups -OCH3 is 1. The van der Waals surface area contributed by atoms with Gasteiger partial charge in [-0.2, -0.15) is 0 Å². The molecule has 30 heavy (non-hydrogen) atoms. The van der Waals surface area contributed by atoms with E-state index in [9.17, 15) is 14.4 Å². The molecular weight excluding hydrogens is 388 g/mol. The van der Waals surface area contributed by atoms with Gasteiger partial charge in [0, 0.05) is 39.1 Å². The zero-order valence-electron chi connectivity index (χ0n) is 18.1. The summed E-state index contributed by atoms with van der Waals surface area (Å²) in [5.74, 6) is -0.127. The van der Waals surface area contributed by atoms with Crippen LogP contribution in [0.5, 0.6) is 5.75 Å². The van der Waals surface area contributed by atoms with Crippen LogP contribution in [-0.2, 0) is 14.3 Å². The third-order valence-corrected chi connectivity index (χ3v) is 5.26. The van der Waals surface area contributed by atoms with E-state index in [0.717, 1.165) is 0 Å². The van der Waals surface area contributed by atoms with Crippen LogP contribution in [0.15, 0.2) is 24.3 Å². The van der Waals surface area contributed by atoms with Crippen LogP contribution in [0.3, 0.4) is 0 Å². The number of carbonyl (C=O) groups is 3. The van der Waals surface area contributed by atoms with Crippen molar-refractivity contribution in [1.29, 1.82) is 0 Å². The summed E-state index contributed by atoms with van der Waals surface area (Å²) >= 11 is 0. The molecule has 8 nitrogen and oxygen atoms in total. The maximum absolute atomic E-state index is 13.1. The van der Waals surface area contributed by atoms with Crippen molar-refractivity contribution in [3.63, 3.8) is 0 Å². The van der Waals surface area contributed by atoms with E-state index in [1.165, 1.54) is 13.2 Å². The van der Waals surface area contributed by atoms with Gasteiger partial charge in [-0.25, -0.2) is 9.59 Å². The predicted molar refractivity (Wildman–Crippen MR) is 110 cm³/mol. The van der Waals surface area contributed by atoms with Gasteiger partial charge in [0.2, 0.25) is 0 Å². The highest BCUT2D eigenvalue weighted by Crippen LogP contribution is 2.39. The van der Waals surface area contributed by atoms with Crippen LogP contribution in [0.4, 0.5) is 4.79 Å². The Morgan fingerprint density at radius 1 is 1.20 bits per heavy atom. The number of carbonyl (C=O) groups excluding carboxylic acids is 3. The molecule has 162 valence electrons. The number of fused-ring (bicyclic) bond motifs is 1. The summed E-state index contributed by atoms with van der Waals surface area (Å²) in [6.45, 7) is 6.36. The Balaban J connectivity index is 1.75. The molecule has 2 heterocycles. The molecule has 8 heteroatoms. The van der Waals surface area contributed by atoms with Crippen molar-refractivity contribution < 1.29 is 28.6 Å². The van der Waals surface area contributed by atoms with Crippen LogP contribution < -0.4 is 4.74 Å². The number of hydrogen-bond acceptors (Lipinski definition) is 6. The average molecular weight is 416 g/mol. The zero-order valence-corrected chi connectivity index (χ0v) is 18.1. The number of nitrogens with zero attached hydrogens (tertiary/aromatic N) is 2. The maximum atomic E-state index is 13.1. The predicted octanol–water partition coefficient (Wildman–Crippen LogP) is 3.06. The second-order valence-corrected chi connectivity index (χ2v) is 8.49. The number of likely N-dealkylation sites (tertiary alicyclic amines) is 1. The van der Waals surface area contributed by atoms with Crippen molar-refractivity contribution in [1.82, 2.24) is 9.80 Å². The zero-order chi connectivity index (χ0) is 22.1. The molecule has 1 spiro atoms. The minimum Gasteiger partial charge on any atom is -0.467 e. The molecule has 2 aliphatic heterocycles. The van der Waals surface area contributed by atoms with Crippen LogP contribution in [0, 0.1) is 0 Å². The lowest BCUT2D eigenvalue weighted by molar-refractivity contribution is -0.134. The Morgan fingerprint density at radius 3 is 2.47 bits per heavy atom. The molecular formula is C22H28N2O6. The Hall–Kier alpha value is -3.03. The third-order valence-electron chi connectivity index (χ3n) is 5.26. The molecule has 0 atom stereocenters. The number of benzene rings is 1. The van der Waals surface area contributed by atoms with Gasteiger partial charge in [-0.3, -0.25) is 4.79 Å². The highest BCUT2D eigenvalue weighted by atomic mass is 16.6. The number of amides is 2. The van der Waals surface area contributed by atoms with Crippen LogP contribution in [0.2, 0.25) is 0 Å². The lowest BCUT2D eigenvalue weighted by atomic mass is 9.94. The van der Waals surface area contributed by atoms with Crippen molar-refractivity contribution in [2.24, 2.45) is 0 Å². The van der Waals surface area contributed by atoms with Crippen molar-refractivity contribution in [3.8, 4) is 5.75 Å². The second kappa shape index (κ2) is 8.01. The van der Waals surface area contributed by atoms with Gasteiger partial charge in [0.15, 0.2) is 5.72 Å². The van der Waals surface area contributed by atoms with Crippen LogP contribution >= 0.6 is 0 Å². The van der Waals surface area contributed by atoms with Gasteiger partial charge < -0.3 is 24.0 Å². The molecule has 1 aromatic rings. The fourth-order valence-electron chi connectivity index (χ4n) is 3.58. The average Bonchev–Trinajstić information content (AvgIpc) is 2.70. The summed E-state index contributed by atoms with van der Waals surface area (Å²) in [6, 6.07) is 5.20. The largest absolute Gasteiger partial charge is 0.467 e. The Labute approximate surface area is 176 Å². The van der Waals surface area contributed by atoms with E-state index < -0.39 is 17.3 Å². The number of rotatable bonds is 2. The summed E-state index contributed by atoms with van der Waals surface area (Å²) in [5, 5.41) is 0. The van der Waals surface area contributed by atoms with Crippen molar-refractivity contribution >= 4 is 24.0 Å². The molecule has 0 N–H and O–H groups in total. The molecule has 0 unspecified atom stereocenters. The van der Waals surface area contributed by atoms with Crippen LogP contribution in [0.1, 0.15) is 49.5 Å². The molecule has 0 radical (unpaired) electrons. The van der Waals surface area contributed by atoms with Gasteiger partial charge >= 0.3 is 12.1 Å². The van der Waals surface area contributed by atoms with E-state index in [-0.39, 0.29) is 12.0 Å². The fraction of sp³-hybridized carbons (Fsp3) is 0.500. The van der Waals surface area contributed by atoms with E-state index in [4.69, 9.17) is 9.47 Å². The standard InChI is InChI=1S/C22H28N2O6/c1-21(2,3)30-20(27)24-12-10-22(11-13-24)23(4)19(26)16-14-15(6-8-17(16)29-22)7-9-18(25)28-5/h6-9,14H,10-13H2,1-5H3. The Bertz CT molecular complexity index is 878. The summed E-state index contributed by atoms with van der Waals surface area (Å²) in [6.07, 6.45) is 3.50. The number of piperidine rings is 1. The Kier molecular flexibility index (Phi) is 5.78. The minimum atomic E-state index is -0.800. The molecule has 1 saturated heterocycles. The van der Waals surface area contributed by atoms with Crippen molar-refractivity contribution in [2.45, 2.75) is 44.9 Å². The smallest absolute Gasteiger partial charge is 0.410 e. The normalized spacial score (nSPS) is 18.2. The van der Waals surface area contributed by atoms with Gasteiger partial charge in [-0.1, -0.05) is 6.07 Å². The lowest BCUT2D eigenvalue weighted by Crippen LogP contribution is -2.62. The molecule has 1 aromatic carbocycles. The molecule has 0 aromatic heterocycles. The summed E-state index contributed by atoms with van der Waals surface area (Å²) in [4.78, 5) is 40.0. The van der Waals surface area contributed by atoms with Gasteiger partial charge in [0.1, 0.15) is 11.4 Å². The highest BCUT2D eigenvalue weighted by molar-refractivity contribution is 5.99. The lowest BCUT2D eigenvalue weighted by Gasteiger charge is -2.49. The molecule has 0 aliphatic carbocycles. The summed E-state index contributed by atoms with van der Waals surface area (Å²) < 4.78 is 16.3. The van der Waals surface area contributed by atoms with E-state index in [1.54, 1.807) is 41.1 Å². The first-order valence-corrected chi connectivity index (χ1v) is 9.90. The molecule has 0 bridgehead atoms. The topological polar surface area (TPSA) is 85.4 Å². The maximum Gasteiger partial charge on any atom is 0.410 e. The van der Waals surface area contributed by atoms with E-state index >= 15 is 0 Å². The second-order valence-electron chi connectivity index (χ2n) is 8.49. The Morgan fingerprint density at radius 2 is 1.87 bits per heavy atom. The van der Waals surface area contributed by atoms with E-state index in [1.807, 2.05) is 20.8 Å². The van der Waals surface area contributed by atoms with E-state index in [2.05, 4.69) is 4.74 Å². The molecule has 1 fully saturated rings. The number of hydrogen-bond donors (Lipinski definition) is 0. The molecule has 2 aliphatic rings. The first kappa shape index (κ1) is 21.7. The third kappa shape index (κ3) is 4.42. The van der Waals surface area contributed by atoms with Gasteiger partial charge in [0.25, 0.3) is 5.91 Å². The van der Waals surface area contributed by atoms with Crippen LogP contribution in [0.25, 0.3) is 6.08 Å². The van der Waals surface area contributed by atoms with Crippen LogP contribution in [-0.4, -0.2) is 66.3 Å². The SMILES string of the molecule is COC(=O)C=Cc1ccc2c(c1)C(=O)N(C)C1(CCN(C(=O)OC(C)(C)C)CC1)O2. The minimum absolute atomic E-state index is 0.157. The van der Waals surface area contributed by atoms with Gasteiger partial charge in [0.05, 0.1) is 12.7 Å². The molecule has 3 rings (SSSR count). The number of ether oxygens (including phenoxy) is 3. The fourth-order valence-corrected chi connectivity index (χ4v) is 3.58. The van der Waals surface area contributed by atoms with E-state index in [0.29, 0.717) is 42.8 Å². The summed E-state index contributed by atoms with van der Waals surface area (Å²) in [7, 11) is 3.02. The van der Waals surface area contributed by atoms with Crippen molar-refractivity contribution in [2.75, 3.05) is 27.2 Å². The molecule has 0 saturated carbocycles.